The van der Waals surface area contributed by atoms with E-state index in [4.69, 9.17) is 17.3 Å². The van der Waals surface area contributed by atoms with Crippen LogP contribution >= 0.6 is 11.6 Å². The van der Waals surface area contributed by atoms with Crippen LogP contribution in [0.2, 0.25) is 5.02 Å². The average molecular weight is 337 g/mol. The van der Waals surface area contributed by atoms with Crippen molar-refractivity contribution in [2.75, 3.05) is 5.73 Å². The third-order valence-electron chi connectivity index (χ3n) is 3.18. The van der Waals surface area contributed by atoms with Crippen LogP contribution in [0.15, 0.2) is 30.3 Å². The molecule has 0 bridgehead atoms. The largest absolute Gasteiger partial charge is 0.383 e. The first-order valence-corrected chi connectivity index (χ1v) is 6.62. The van der Waals surface area contributed by atoms with Gasteiger partial charge >= 0.3 is 5.69 Å². The number of nitro benzene ring substituents is 1. The lowest BCUT2D eigenvalue weighted by Crippen LogP contribution is -2.01. The third-order valence-corrected chi connectivity index (χ3v) is 3.47. The molecule has 116 valence electrons. The van der Waals surface area contributed by atoms with Crippen molar-refractivity contribution in [3.63, 3.8) is 0 Å². The topological polar surface area (TPSA) is 94.9 Å². The van der Waals surface area contributed by atoms with Crippen molar-refractivity contribution >= 4 is 34.0 Å². The summed E-state index contributed by atoms with van der Waals surface area (Å²) in [4.78, 5) is 17.8. The molecule has 9 heteroatoms. The van der Waals surface area contributed by atoms with Gasteiger partial charge in [0.25, 0.3) is 0 Å². The SMILES string of the molecule is Nc1nc(-c2cccc(Cl)c2F)nc2cc(F)c([N+](=O)[O-])cc12. The standard InChI is InChI=1S/C14H7ClF2N4O2/c15-8-3-1-2-6(12(8)17)14-19-10-5-9(16)11(21(22)23)4-7(10)13(18)20-14/h1-5H,(H2,18,19,20). The molecule has 0 aliphatic carbocycles. The summed E-state index contributed by atoms with van der Waals surface area (Å²) in [6.45, 7) is 0. The number of fused-ring (bicyclic) bond motifs is 1. The Morgan fingerprint density at radius 1 is 1.22 bits per heavy atom. The van der Waals surface area contributed by atoms with Gasteiger partial charge in [0.1, 0.15) is 5.82 Å². The fourth-order valence-electron chi connectivity index (χ4n) is 2.10. The van der Waals surface area contributed by atoms with Gasteiger partial charge in [0.2, 0.25) is 5.82 Å². The Labute approximate surface area is 132 Å². The Kier molecular flexibility index (Phi) is 3.53. The molecule has 0 saturated carbocycles. The summed E-state index contributed by atoms with van der Waals surface area (Å²) >= 11 is 5.71. The van der Waals surface area contributed by atoms with Crippen molar-refractivity contribution in [3.05, 3.63) is 57.1 Å². The molecule has 1 aromatic heterocycles. The van der Waals surface area contributed by atoms with Crippen molar-refractivity contribution < 1.29 is 13.7 Å². The van der Waals surface area contributed by atoms with Crippen molar-refractivity contribution in [2.24, 2.45) is 0 Å². The predicted octanol–water partition coefficient (Wildman–Crippen LogP) is 3.72. The molecule has 6 nitrogen and oxygen atoms in total. The number of nitro groups is 1. The summed E-state index contributed by atoms with van der Waals surface area (Å²) in [7, 11) is 0. The van der Waals surface area contributed by atoms with E-state index in [9.17, 15) is 18.9 Å². The van der Waals surface area contributed by atoms with Crippen LogP contribution in [-0.4, -0.2) is 14.9 Å². The van der Waals surface area contributed by atoms with Crippen LogP contribution in [-0.2, 0) is 0 Å². The zero-order valence-electron chi connectivity index (χ0n) is 11.3. The zero-order valence-corrected chi connectivity index (χ0v) is 12.0. The predicted molar refractivity (Wildman–Crippen MR) is 81.0 cm³/mol. The molecule has 3 aromatic rings. The van der Waals surface area contributed by atoms with Gasteiger partial charge < -0.3 is 5.73 Å². The summed E-state index contributed by atoms with van der Waals surface area (Å²) in [5.41, 5.74) is 5.02. The highest BCUT2D eigenvalue weighted by molar-refractivity contribution is 6.31. The number of hydrogen-bond donors (Lipinski definition) is 1. The minimum Gasteiger partial charge on any atom is -0.383 e. The van der Waals surface area contributed by atoms with E-state index in [0.29, 0.717) is 0 Å². The van der Waals surface area contributed by atoms with Gasteiger partial charge in [-0.15, -0.1) is 0 Å². The molecule has 2 aromatic carbocycles. The number of aromatic nitrogens is 2. The number of nitrogens with zero attached hydrogens (tertiary/aromatic N) is 3. The van der Waals surface area contributed by atoms with Gasteiger partial charge in [-0.3, -0.25) is 10.1 Å². The maximum Gasteiger partial charge on any atom is 0.305 e. The highest BCUT2D eigenvalue weighted by Gasteiger charge is 2.19. The van der Waals surface area contributed by atoms with Gasteiger partial charge in [-0.25, -0.2) is 14.4 Å². The Balaban J connectivity index is 2.28. The number of benzene rings is 2. The number of nitrogens with two attached hydrogens (primary N) is 1. The van der Waals surface area contributed by atoms with E-state index in [2.05, 4.69) is 9.97 Å². The smallest absolute Gasteiger partial charge is 0.305 e. The van der Waals surface area contributed by atoms with E-state index in [-0.39, 0.29) is 33.1 Å². The quantitative estimate of drug-likeness (QED) is 0.568. The minimum atomic E-state index is -1.07. The molecular formula is C14H7ClF2N4O2. The second-order valence-corrected chi connectivity index (χ2v) is 5.02. The summed E-state index contributed by atoms with van der Waals surface area (Å²) in [6.07, 6.45) is 0. The van der Waals surface area contributed by atoms with Gasteiger partial charge in [0.15, 0.2) is 11.6 Å². The fourth-order valence-corrected chi connectivity index (χ4v) is 2.27. The molecule has 0 saturated heterocycles. The first-order valence-electron chi connectivity index (χ1n) is 6.24. The summed E-state index contributed by atoms with van der Waals surface area (Å²) < 4.78 is 27.8. The number of anilines is 1. The van der Waals surface area contributed by atoms with Crippen LogP contribution in [0.3, 0.4) is 0 Å². The van der Waals surface area contributed by atoms with Crippen molar-refractivity contribution in [1.29, 1.82) is 0 Å². The van der Waals surface area contributed by atoms with E-state index in [1.165, 1.54) is 18.2 Å². The normalized spacial score (nSPS) is 10.9. The molecule has 1 heterocycles. The number of hydrogen-bond acceptors (Lipinski definition) is 5. The Bertz CT molecular complexity index is 965. The molecule has 0 spiro atoms. The van der Waals surface area contributed by atoms with Gasteiger partial charge in [0.05, 0.1) is 21.0 Å². The van der Waals surface area contributed by atoms with E-state index in [1.807, 2.05) is 0 Å². The monoisotopic (exact) mass is 336 g/mol. The number of nitrogen functional groups attached to an aromatic ring is 1. The highest BCUT2D eigenvalue weighted by atomic mass is 35.5. The zero-order chi connectivity index (χ0) is 16.7. The Hall–Kier alpha value is -2.87. The molecule has 0 aliphatic rings. The second-order valence-electron chi connectivity index (χ2n) is 4.61. The molecule has 0 radical (unpaired) electrons. The van der Waals surface area contributed by atoms with Crippen LogP contribution in [0.25, 0.3) is 22.3 Å². The summed E-state index contributed by atoms with van der Waals surface area (Å²) in [6, 6.07) is 6.05. The van der Waals surface area contributed by atoms with Crippen LogP contribution < -0.4 is 5.73 Å². The van der Waals surface area contributed by atoms with Crippen LogP contribution in [0.1, 0.15) is 0 Å². The number of rotatable bonds is 2. The van der Waals surface area contributed by atoms with Crippen molar-refractivity contribution in [1.82, 2.24) is 9.97 Å². The van der Waals surface area contributed by atoms with Gasteiger partial charge in [-0.2, -0.15) is 4.39 Å². The van der Waals surface area contributed by atoms with E-state index in [0.717, 1.165) is 12.1 Å². The Morgan fingerprint density at radius 2 is 1.96 bits per heavy atom. The average Bonchev–Trinajstić information content (AvgIpc) is 2.49. The molecule has 0 unspecified atom stereocenters. The number of halogens is 3. The minimum absolute atomic E-state index is 0.00939. The molecular weight excluding hydrogens is 330 g/mol. The highest BCUT2D eigenvalue weighted by Crippen LogP contribution is 2.31. The van der Waals surface area contributed by atoms with E-state index >= 15 is 0 Å². The van der Waals surface area contributed by atoms with Crippen molar-refractivity contribution in [2.45, 2.75) is 0 Å². The molecule has 23 heavy (non-hydrogen) atoms. The second kappa shape index (κ2) is 5.40. The van der Waals surface area contributed by atoms with Crippen LogP contribution in [0.5, 0.6) is 0 Å². The van der Waals surface area contributed by atoms with E-state index < -0.39 is 22.2 Å². The molecule has 0 amide bonds. The first kappa shape index (κ1) is 15.0. The third kappa shape index (κ3) is 2.53. The van der Waals surface area contributed by atoms with Crippen molar-refractivity contribution in [3.8, 4) is 11.4 Å². The van der Waals surface area contributed by atoms with E-state index in [1.54, 1.807) is 0 Å². The van der Waals surface area contributed by atoms with Gasteiger partial charge in [-0.05, 0) is 12.1 Å². The molecule has 0 aliphatic heterocycles. The van der Waals surface area contributed by atoms with Gasteiger partial charge in [0, 0.05) is 17.5 Å². The Morgan fingerprint density at radius 3 is 2.65 bits per heavy atom. The lowest BCUT2D eigenvalue weighted by Gasteiger charge is -2.07. The first-order chi connectivity index (χ1) is 10.9. The summed E-state index contributed by atoms with van der Waals surface area (Å²) in [5, 5.41) is 10.7. The molecule has 0 atom stereocenters. The van der Waals surface area contributed by atoms with Crippen LogP contribution in [0, 0.1) is 21.7 Å². The maximum absolute atomic E-state index is 14.1. The fraction of sp³-hybridized carbons (Fsp3) is 0. The molecule has 2 N–H and O–H groups in total. The lowest BCUT2D eigenvalue weighted by atomic mass is 10.1. The van der Waals surface area contributed by atoms with Gasteiger partial charge in [-0.1, -0.05) is 17.7 Å². The maximum atomic E-state index is 14.1. The lowest BCUT2D eigenvalue weighted by molar-refractivity contribution is -0.387. The molecule has 0 fully saturated rings. The van der Waals surface area contributed by atoms with Crippen LogP contribution in [0.4, 0.5) is 20.3 Å². The summed E-state index contributed by atoms with van der Waals surface area (Å²) in [5.74, 6) is -2.04. The molecule has 3 rings (SSSR count).